The molecule has 3 heterocycles. The molecule has 196 valence electrons. The van der Waals surface area contributed by atoms with Crippen LogP contribution >= 0.6 is 0 Å². The molecule has 0 fully saturated rings. The topological polar surface area (TPSA) is 87.2 Å². The van der Waals surface area contributed by atoms with Gasteiger partial charge in [0.05, 0.1) is 18.8 Å². The Labute approximate surface area is 213 Å². The molecule has 7 nitrogen and oxygen atoms in total. The van der Waals surface area contributed by atoms with Crippen molar-refractivity contribution in [3.63, 3.8) is 0 Å². The number of anilines is 1. The summed E-state index contributed by atoms with van der Waals surface area (Å²) in [7, 11) is 5.14. The van der Waals surface area contributed by atoms with Crippen molar-refractivity contribution >= 4 is 16.7 Å². The van der Waals surface area contributed by atoms with Crippen molar-refractivity contribution in [2.24, 2.45) is 0 Å². The Morgan fingerprint density at radius 1 is 1.00 bits per heavy atom. The van der Waals surface area contributed by atoms with Crippen molar-refractivity contribution in [2.45, 2.75) is 43.9 Å². The van der Waals surface area contributed by atoms with E-state index in [0.29, 0.717) is 22.6 Å². The van der Waals surface area contributed by atoms with E-state index >= 15 is 0 Å². The van der Waals surface area contributed by atoms with Crippen LogP contribution in [0.15, 0.2) is 55.2 Å². The number of aromatic nitrogens is 4. The van der Waals surface area contributed by atoms with E-state index in [4.69, 9.17) is 4.74 Å². The lowest BCUT2D eigenvalue weighted by Crippen LogP contribution is -2.51. The Kier molecular flexibility index (Phi) is 6.89. The normalized spacial score (nSPS) is 14.0. The van der Waals surface area contributed by atoms with Crippen molar-refractivity contribution in [3.05, 3.63) is 66.5 Å². The number of alkyl halides is 3. The molecule has 0 aliphatic rings. The van der Waals surface area contributed by atoms with Crippen LogP contribution in [0.2, 0.25) is 0 Å². The summed E-state index contributed by atoms with van der Waals surface area (Å²) in [6, 6.07) is 8.69. The first kappa shape index (κ1) is 26.4. The van der Waals surface area contributed by atoms with Crippen molar-refractivity contribution in [1.29, 1.82) is 0 Å². The molecule has 4 aromatic rings. The molecule has 0 saturated carbocycles. The van der Waals surface area contributed by atoms with Gasteiger partial charge < -0.3 is 19.7 Å². The number of hydrogen-bond donors (Lipinski definition) is 2. The van der Waals surface area contributed by atoms with Gasteiger partial charge in [0.25, 0.3) is 0 Å². The summed E-state index contributed by atoms with van der Waals surface area (Å²) in [6.45, 7) is 3.34. The summed E-state index contributed by atoms with van der Waals surface area (Å²) in [5, 5.41) is 11.9. The fourth-order valence-corrected chi connectivity index (χ4v) is 4.69. The minimum Gasteiger partial charge on any atom is -0.496 e. The zero-order valence-electron chi connectivity index (χ0n) is 21.4. The summed E-state index contributed by atoms with van der Waals surface area (Å²) in [6.07, 6.45) is 0.129. The number of rotatable bonds is 8. The van der Waals surface area contributed by atoms with Crippen LogP contribution in [0.5, 0.6) is 5.75 Å². The monoisotopic (exact) mass is 513 g/mol. The fraction of sp³-hybridized carbons (Fsp3) is 0.370. The number of halogens is 3. The zero-order valence-corrected chi connectivity index (χ0v) is 21.4. The van der Waals surface area contributed by atoms with Gasteiger partial charge in [-0.15, -0.1) is 0 Å². The van der Waals surface area contributed by atoms with E-state index in [0.717, 1.165) is 16.5 Å². The van der Waals surface area contributed by atoms with Crippen LogP contribution in [0.4, 0.5) is 19.0 Å². The molecule has 0 spiro atoms. The highest BCUT2D eigenvalue weighted by atomic mass is 19.4. The molecular formula is C27H30F3N5O2. The summed E-state index contributed by atoms with van der Waals surface area (Å²) < 4.78 is 48.9. The van der Waals surface area contributed by atoms with Crippen LogP contribution in [0.25, 0.3) is 22.0 Å². The first-order valence-electron chi connectivity index (χ1n) is 11.7. The number of pyridine rings is 1. The average Bonchev–Trinajstić information content (AvgIpc) is 3.24. The fourth-order valence-electron chi connectivity index (χ4n) is 4.69. The molecule has 0 aliphatic carbocycles. The molecule has 0 amide bonds. The third-order valence-corrected chi connectivity index (χ3v) is 6.57. The number of nitrogens with one attached hydrogen (secondary N) is 1. The van der Waals surface area contributed by atoms with Gasteiger partial charge in [-0.05, 0) is 41.7 Å². The van der Waals surface area contributed by atoms with Gasteiger partial charge in [0, 0.05) is 55.1 Å². The van der Waals surface area contributed by atoms with E-state index in [9.17, 15) is 18.3 Å². The Bertz CT molecular complexity index is 1390. The molecule has 0 saturated heterocycles. The Balaban J connectivity index is 1.71. The lowest BCUT2D eigenvalue weighted by atomic mass is 9.72. The quantitative estimate of drug-likeness (QED) is 0.333. The summed E-state index contributed by atoms with van der Waals surface area (Å²) in [5.74, 6) is 1.11. The highest BCUT2D eigenvalue weighted by molar-refractivity contribution is 5.82. The van der Waals surface area contributed by atoms with E-state index in [1.165, 1.54) is 13.4 Å². The predicted molar refractivity (Wildman–Crippen MR) is 137 cm³/mol. The molecule has 1 atom stereocenters. The molecule has 4 rings (SSSR count). The number of H-pyrrole nitrogens is 1. The van der Waals surface area contributed by atoms with E-state index in [1.54, 1.807) is 62.8 Å². The lowest BCUT2D eigenvalue weighted by molar-refractivity contribution is -0.266. The number of methoxy groups -OCH3 is 1. The second kappa shape index (κ2) is 9.66. The van der Waals surface area contributed by atoms with Crippen molar-refractivity contribution < 1.29 is 23.0 Å². The van der Waals surface area contributed by atoms with Gasteiger partial charge in [0.1, 0.15) is 17.9 Å². The molecule has 1 unspecified atom stereocenters. The molecule has 0 bridgehead atoms. The molecule has 1 aromatic carbocycles. The Morgan fingerprint density at radius 3 is 2.32 bits per heavy atom. The van der Waals surface area contributed by atoms with Crippen LogP contribution in [0.1, 0.15) is 31.5 Å². The minimum atomic E-state index is -4.88. The van der Waals surface area contributed by atoms with Crippen LogP contribution in [-0.4, -0.2) is 58.0 Å². The summed E-state index contributed by atoms with van der Waals surface area (Å²) in [5.41, 5.74) is -1.26. The largest absolute Gasteiger partial charge is 0.496 e. The Hall–Kier alpha value is -3.66. The first-order valence-corrected chi connectivity index (χ1v) is 11.7. The maximum absolute atomic E-state index is 14.5. The van der Waals surface area contributed by atoms with Crippen molar-refractivity contribution in [3.8, 4) is 16.9 Å². The molecule has 10 heteroatoms. The second-order valence-corrected chi connectivity index (χ2v) is 10.1. The smallest absolute Gasteiger partial charge is 0.417 e. The van der Waals surface area contributed by atoms with E-state index in [-0.39, 0.29) is 5.69 Å². The number of benzene rings is 1. The maximum Gasteiger partial charge on any atom is 0.417 e. The second-order valence-electron chi connectivity index (χ2n) is 10.1. The third-order valence-electron chi connectivity index (χ3n) is 6.57. The maximum atomic E-state index is 14.5. The van der Waals surface area contributed by atoms with Crippen LogP contribution in [-0.2, 0) is 11.8 Å². The van der Waals surface area contributed by atoms with Crippen molar-refractivity contribution in [2.75, 3.05) is 26.1 Å². The molecule has 37 heavy (non-hydrogen) atoms. The molecule has 0 radical (unpaired) electrons. The van der Waals surface area contributed by atoms with Crippen molar-refractivity contribution in [1.82, 2.24) is 19.9 Å². The van der Waals surface area contributed by atoms with Gasteiger partial charge in [-0.25, -0.2) is 15.0 Å². The van der Waals surface area contributed by atoms with Gasteiger partial charge in [-0.3, -0.25) is 0 Å². The van der Waals surface area contributed by atoms with Gasteiger partial charge in [0.2, 0.25) is 0 Å². The number of nitrogens with zero attached hydrogens (tertiary/aromatic N) is 4. The zero-order chi connectivity index (χ0) is 27.0. The number of ether oxygens (including phenoxy) is 1. The van der Waals surface area contributed by atoms with Crippen LogP contribution in [0, 0.1) is 0 Å². The number of hydrogen-bond acceptors (Lipinski definition) is 6. The van der Waals surface area contributed by atoms with Crippen LogP contribution < -0.4 is 9.64 Å². The highest BCUT2D eigenvalue weighted by Gasteiger charge is 2.56. The molecule has 0 aliphatic heterocycles. The number of aromatic amines is 1. The first-order chi connectivity index (χ1) is 17.3. The molecular weight excluding hydrogens is 483 g/mol. The number of fused-ring (bicyclic) bond motifs is 1. The van der Waals surface area contributed by atoms with Gasteiger partial charge >= 0.3 is 6.18 Å². The summed E-state index contributed by atoms with van der Waals surface area (Å²) >= 11 is 0. The SMILES string of the molecule is COc1ccc(-c2cncnc2)cc1C(C)(C)CC(O)(Cc1cc2cc(N(C)C)ncc2[nH]1)C(F)(F)F. The third kappa shape index (κ3) is 5.39. The van der Waals surface area contributed by atoms with Crippen LogP contribution in [0.3, 0.4) is 0 Å². The van der Waals surface area contributed by atoms with Gasteiger partial charge in [-0.2, -0.15) is 13.2 Å². The highest BCUT2D eigenvalue weighted by Crippen LogP contribution is 2.46. The Morgan fingerprint density at radius 2 is 1.70 bits per heavy atom. The van der Waals surface area contributed by atoms with E-state index < -0.39 is 30.0 Å². The molecule has 3 aromatic heterocycles. The summed E-state index contributed by atoms with van der Waals surface area (Å²) in [4.78, 5) is 17.2. The lowest BCUT2D eigenvalue weighted by Gasteiger charge is -2.38. The molecule has 2 N–H and O–H groups in total. The van der Waals surface area contributed by atoms with Gasteiger partial charge in [0.15, 0.2) is 5.60 Å². The number of aliphatic hydroxyl groups is 1. The van der Waals surface area contributed by atoms with E-state index in [2.05, 4.69) is 19.9 Å². The minimum absolute atomic E-state index is 0.269. The van der Waals surface area contributed by atoms with E-state index in [1.807, 2.05) is 19.0 Å². The average molecular weight is 514 g/mol. The standard InChI is InChI=1S/C27H30F3N5O2/c1-25(2,21-9-17(6-7-23(21)37-5)19-12-31-16-32-13-19)15-26(36,27(28,29)30)11-20-8-18-10-24(35(3)4)33-14-22(18)34-20/h6-10,12-14,16,34,36H,11,15H2,1-5H3. The predicted octanol–water partition coefficient (Wildman–Crippen LogP) is 5.30. The van der Waals surface area contributed by atoms with Gasteiger partial charge in [-0.1, -0.05) is 19.9 Å².